The molecule has 2 aromatic carbocycles. The van der Waals surface area contributed by atoms with Gasteiger partial charge in [0.2, 0.25) is 16.8 Å². The average molecular weight is 479 g/mol. The molecule has 0 spiro atoms. The Morgan fingerprint density at radius 2 is 0.781 bits per heavy atom. The quantitative estimate of drug-likeness (QED) is 0.258. The van der Waals surface area contributed by atoms with Crippen LogP contribution in [-0.2, 0) is 18.1 Å². The molecule has 0 aliphatic heterocycles. The van der Waals surface area contributed by atoms with Crippen LogP contribution in [0.2, 0.25) is 0 Å². The summed E-state index contributed by atoms with van der Waals surface area (Å²) in [5.41, 5.74) is 1.26. The normalized spacial score (nSPS) is 12.2. The summed E-state index contributed by atoms with van der Waals surface area (Å²) in [5, 5.41) is 1.91. The van der Waals surface area contributed by atoms with Crippen LogP contribution in [0.3, 0.4) is 0 Å². The molecule has 0 aliphatic carbocycles. The van der Waals surface area contributed by atoms with Crippen molar-refractivity contribution in [3.8, 4) is 0 Å². The lowest BCUT2D eigenvalue weighted by atomic mass is 10.0. The molecule has 0 aromatic heterocycles. The van der Waals surface area contributed by atoms with Gasteiger partial charge in [0.1, 0.15) is 0 Å². The Balaban J connectivity index is 2.16. The maximum absolute atomic E-state index is 13.0. The van der Waals surface area contributed by atoms with E-state index in [0.717, 1.165) is 10.6 Å². The van der Waals surface area contributed by atoms with E-state index in [1.165, 1.54) is 0 Å². The summed E-state index contributed by atoms with van der Waals surface area (Å²) in [4.78, 5) is 13.0. The molecule has 0 heterocycles. The lowest BCUT2D eigenvalue weighted by molar-refractivity contribution is 0.103. The predicted molar refractivity (Wildman–Crippen MR) is 134 cm³/mol. The van der Waals surface area contributed by atoms with Crippen LogP contribution in [0.4, 0.5) is 0 Å². The van der Waals surface area contributed by atoms with E-state index in [4.69, 9.17) is 18.1 Å². The minimum Gasteiger partial charge on any atom is -0.328 e. The molecule has 0 N–H and O–H groups in total. The van der Waals surface area contributed by atoms with E-state index in [9.17, 15) is 4.79 Å². The molecule has 0 unspecified atom stereocenters. The van der Waals surface area contributed by atoms with Gasteiger partial charge in [-0.25, -0.2) is 0 Å². The monoisotopic (exact) mass is 478 g/mol. The van der Waals surface area contributed by atoms with E-state index in [2.05, 4.69) is 0 Å². The largest absolute Gasteiger partial charge is 0.328 e. The Morgan fingerprint density at radius 3 is 1.00 bits per heavy atom. The lowest BCUT2D eigenvalue weighted by Crippen LogP contribution is -2.14. The summed E-state index contributed by atoms with van der Waals surface area (Å²) < 4.78 is 23.8. The second-order valence-corrected chi connectivity index (χ2v) is 11.5. The van der Waals surface area contributed by atoms with Gasteiger partial charge in [0.25, 0.3) is 0 Å². The molecule has 0 atom stereocenters. The Bertz CT molecular complexity index is 743. The van der Waals surface area contributed by atoms with Crippen molar-refractivity contribution in [2.45, 2.75) is 79.8 Å². The highest BCUT2D eigenvalue weighted by molar-refractivity contribution is 7.56. The minimum atomic E-state index is -1.18. The Kier molecular flexibility index (Phi) is 10.9. The molecule has 7 heteroatoms. The van der Waals surface area contributed by atoms with E-state index in [1.54, 1.807) is 0 Å². The fourth-order valence-corrected chi connectivity index (χ4v) is 5.60. The molecule has 176 valence electrons. The number of benzene rings is 2. The van der Waals surface area contributed by atoms with Gasteiger partial charge in [-0.1, -0.05) is 24.3 Å². The number of carbonyl (C=O) groups is 1. The van der Waals surface area contributed by atoms with E-state index >= 15 is 0 Å². The Morgan fingerprint density at radius 1 is 0.531 bits per heavy atom. The summed E-state index contributed by atoms with van der Waals surface area (Å²) in [5.74, 6) is -0.0270. The summed E-state index contributed by atoms with van der Waals surface area (Å²) in [7, 11) is -2.37. The molecule has 2 rings (SSSR count). The van der Waals surface area contributed by atoms with Gasteiger partial charge in [-0.15, -0.1) is 0 Å². The van der Waals surface area contributed by atoms with Gasteiger partial charge < -0.3 is 18.1 Å². The fraction of sp³-hybridized carbons (Fsp3) is 0.480. The molecule has 5 nitrogen and oxygen atoms in total. The SMILES string of the molecule is CC(C)OP(OC(C)C)c1ccc(C(=O)c2ccc(P(OC(C)C)OC(C)C)cc2)cc1. The van der Waals surface area contributed by atoms with Crippen molar-refractivity contribution in [1.82, 2.24) is 0 Å². The Labute approximate surface area is 195 Å². The van der Waals surface area contributed by atoms with Gasteiger partial charge in [-0.05, 0) is 79.7 Å². The first kappa shape index (κ1) is 27.1. The van der Waals surface area contributed by atoms with Crippen molar-refractivity contribution in [1.29, 1.82) is 0 Å². The maximum Gasteiger partial charge on any atom is 0.205 e. The molecule has 0 bridgehead atoms. The molecular formula is C25H36O5P2. The fourth-order valence-electron chi connectivity index (χ4n) is 2.69. The molecule has 0 amide bonds. The van der Waals surface area contributed by atoms with Crippen LogP contribution in [0.5, 0.6) is 0 Å². The summed E-state index contributed by atoms with van der Waals surface area (Å²) in [6, 6.07) is 15.0. The minimum absolute atomic E-state index is 0.0270. The van der Waals surface area contributed by atoms with E-state index in [-0.39, 0.29) is 30.2 Å². The van der Waals surface area contributed by atoms with Crippen molar-refractivity contribution < 1.29 is 22.9 Å². The van der Waals surface area contributed by atoms with E-state index < -0.39 is 16.8 Å². The van der Waals surface area contributed by atoms with Crippen molar-refractivity contribution in [3.63, 3.8) is 0 Å². The third-order valence-electron chi connectivity index (χ3n) is 3.91. The van der Waals surface area contributed by atoms with E-state index in [0.29, 0.717) is 11.1 Å². The van der Waals surface area contributed by atoms with Gasteiger partial charge in [0.05, 0.1) is 24.4 Å². The molecule has 0 fully saturated rings. The van der Waals surface area contributed by atoms with E-state index in [1.807, 2.05) is 104 Å². The third kappa shape index (κ3) is 8.63. The van der Waals surface area contributed by atoms with Crippen LogP contribution in [0.1, 0.15) is 71.3 Å². The Hall–Kier alpha value is -1.19. The number of carbonyl (C=O) groups excluding carboxylic acids is 1. The summed E-state index contributed by atoms with van der Waals surface area (Å²) in [6.07, 6.45) is 0.239. The van der Waals surface area contributed by atoms with Crippen LogP contribution in [0, 0.1) is 0 Å². The third-order valence-corrected chi connectivity index (χ3v) is 7.80. The van der Waals surface area contributed by atoms with Crippen LogP contribution in [0.15, 0.2) is 48.5 Å². The predicted octanol–water partition coefficient (Wildman–Crippen LogP) is 6.49. The second-order valence-electron chi connectivity index (χ2n) is 8.55. The molecule has 0 saturated heterocycles. The van der Waals surface area contributed by atoms with Crippen LogP contribution in [0.25, 0.3) is 0 Å². The molecule has 2 aromatic rings. The average Bonchev–Trinajstić information content (AvgIpc) is 2.71. The summed E-state index contributed by atoms with van der Waals surface area (Å²) >= 11 is 0. The van der Waals surface area contributed by atoms with Gasteiger partial charge in [0.15, 0.2) is 5.78 Å². The highest BCUT2D eigenvalue weighted by Crippen LogP contribution is 2.41. The first-order chi connectivity index (χ1) is 15.1. The van der Waals surface area contributed by atoms with Crippen LogP contribution >= 0.6 is 16.8 Å². The van der Waals surface area contributed by atoms with Gasteiger partial charge in [0, 0.05) is 21.7 Å². The lowest BCUT2D eigenvalue weighted by Gasteiger charge is -2.22. The van der Waals surface area contributed by atoms with Gasteiger partial charge in [-0.2, -0.15) is 0 Å². The highest BCUT2D eigenvalue weighted by Gasteiger charge is 2.20. The van der Waals surface area contributed by atoms with Gasteiger partial charge >= 0.3 is 0 Å². The topological polar surface area (TPSA) is 54.0 Å². The number of ketones is 1. The van der Waals surface area contributed by atoms with Crippen molar-refractivity contribution in [2.24, 2.45) is 0 Å². The first-order valence-electron chi connectivity index (χ1n) is 11.1. The number of hydrogen-bond acceptors (Lipinski definition) is 5. The molecule has 0 aliphatic rings. The number of hydrogen-bond donors (Lipinski definition) is 0. The standard InChI is InChI=1S/C25H36O5P2/c1-17(2)27-31(28-18(3)4)23-13-9-21(10-14-23)25(26)22-11-15-24(16-12-22)32(29-19(5)6)30-20(7)8/h9-20H,1-8H3. The molecule has 0 radical (unpaired) electrons. The zero-order valence-corrected chi connectivity index (χ0v) is 22.2. The van der Waals surface area contributed by atoms with Crippen molar-refractivity contribution in [2.75, 3.05) is 0 Å². The zero-order valence-electron chi connectivity index (χ0n) is 20.4. The van der Waals surface area contributed by atoms with Crippen LogP contribution in [-0.4, -0.2) is 30.2 Å². The second kappa shape index (κ2) is 12.9. The van der Waals surface area contributed by atoms with Crippen LogP contribution < -0.4 is 10.6 Å². The number of rotatable bonds is 12. The first-order valence-corrected chi connectivity index (χ1v) is 13.4. The van der Waals surface area contributed by atoms with Crippen molar-refractivity contribution in [3.05, 3.63) is 59.7 Å². The smallest absolute Gasteiger partial charge is 0.205 e. The molecule has 32 heavy (non-hydrogen) atoms. The maximum atomic E-state index is 13.0. The highest BCUT2D eigenvalue weighted by atomic mass is 31.2. The zero-order chi connectivity index (χ0) is 23.8. The van der Waals surface area contributed by atoms with Crippen molar-refractivity contribution >= 4 is 33.1 Å². The van der Waals surface area contributed by atoms with Gasteiger partial charge in [-0.3, -0.25) is 4.79 Å². The molecular weight excluding hydrogens is 442 g/mol. The molecule has 0 saturated carbocycles. The summed E-state index contributed by atoms with van der Waals surface area (Å²) in [6.45, 7) is 15.9.